The van der Waals surface area contributed by atoms with Gasteiger partial charge < -0.3 is 15.4 Å². The summed E-state index contributed by atoms with van der Waals surface area (Å²) in [5.41, 5.74) is 0.140. The summed E-state index contributed by atoms with van der Waals surface area (Å²) in [6.07, 6.45) is 5.35. The molecule has 3 rings (SSSR count). The zero-order valence-corrected chi connectivity index (χ0v) is 21.4. The fourth-order valence-corrected chi connectivity index (χ4v) is 4.23. The van der Waals surface area contributed by atoms with Gasteiger partial charge in [-0.05, 0) is 70.7 Å². The molecule has 0 bridgehead atoms. The molecule has 0 aliphatic carbocycles. The van der Waals surface area contributed by atoms with Crippen molar-refractivity contribution >= 4 is 40.5 Å². The van der Waals surface area contributed by atoms with Gasteiger partial charge in [-0.2, -0.15) is 4.98 Å². The summed E-state index contributed by atoms with van der Waals surface area (Å²) in [5.74, 6) is 0.344. The number of hydrogen-bond acceptors (Lipinski definition) is 7. The third-order valence-corrected chi connectivity index (χ3v) is 5.94. The van der Waals surface area contributed by atoms with Crippen LogP contribution in [0.25, 0.3) is 11.0 Å². The van der Waals surface area contributed by atoms with Crippen LogP contribution in [0.3, 0.4) is 0 Å². The van der Waals surface area contributed by atoms with Crippen molar-refractivity contribution < 1.29 is 14.3 Å². The van der Waals surface area contributed by atoms with Crippen LogP contribution in [0.2, 0.25) is 5.28 Å². The van der Waals surface area contributed by atoms with Crippen LogP contribution in [0.15, 0.2) is 18.3 Å². The minimum atomic E-state index is -0.612. The van der Waals surface area contributed by atoms with Crippen LogP contribution in [-0.2, 0) is 9.53 Å². The van der Waals surface area contributed by atoms with Gasteiger partial charge >= 0.3 is 6.09 Å². The van der Waals surface area contributed by atoms with Crippen LogP contribution < -0.4 is 10.6 Å². The molecule has 10 heteroatoms. The number of rotatable bonds is 8. The second-order valence-corrected chi connectivity index (χ2v) is 10.4. The van der Waals surface area contributed by atoms with E-state index in [-0.39, 0.29) is 11.2 Å². The smallest absolute Gasteiger partial charge is 0.410 e. The Labute approximate surface area is 206 Å². The number of carbonyl (C=O) groups excluding carboxylic acids is 2. The Morgan fingerprint density at radius 1 is 1.26 bits per heavy atom. The molecule has 0 spiro atoms. The van der Waals surface area contributed by atoms with Gasteiger partial charge in [0, 0.05) is 19.3 Å². The van der Waals surface area contributed by atoms with Crippen molar-refractivity contribution in [2.45, 2.75) is 83.9 Å². The molecule has 1 saturated heterocycles. The average Bonchev–Trinajstić information content (AvgIpc) is 3.25. The van der Waals surface area contributed by atoms with Crippen molar-refractivity contribution in [1.29, 1.82) is 0 Å². The average molecular weight is 491 g/mol. The quantitative estimate of drug-likeness (QED) is 0.522. The van der Waals surface area contributed by atoms with Gasteiger partial charge in [-0.3, -0.25) is 14.7 Å². The molecular weight excluding hydrogens is 456 g/mol. The van der Waals surface area contributed by atoms with Crippen LogP contribution in [0.4, 0.5) is 10.6 Å². The Morgan fingerprint density at radius 3 is 2.74 bits per heavy atom. The number of carbonyl (C=O) groups is 2. The van der Waals surface area contributed by atoms with Gasteiger partial charge in [-0.15, -0.1) is 0 Å². The molecule has 1 aliphatic rings. The summed E-state index contributed by atoms with van der Waals surface area (Å²) in [4.78, 5) is 40.3. The van der Waals surface area contributed by atoms with E-state index >= 15 is 0 Å². The monoisotopic (exact) mass is 490 g/mol. The summed E-state index contributed by atoms with van der Waals surface area (Å²) in [6.45, 7) is 10.5. The molecule has 186 valence electrons. The topological polar surface area (TPSA) is 109 Å². The van der Waals surface area contributed by atoms with Crippen LogP contribution in [0.1, 0.15) is 66.7 Å². The van der Waals surface area contributed by atoms with Crippen LogP contribution in [0.5, 0.6) is 0 Å². The SMILES string of the molecule is CCCCC(C)(CNC(=O)[C@@H]1CCCN1C(=O)OC(C)(C)C)Nc1nc(Cl)nc2cccnc12. The molecule has 1 unspecified atom stereocenters. The first-order chi connectivity index (χ1) is 16.0. The fraction of sp³-hybridized carbons (Fsp3) is 0.625. The Balaban J connectivity index is 1.74. The van der Waals surface area contributed by atoms with E-state index in [0.29, 0.717) is 36.4 Å². The van der Waals surface area contributed by atoms with Gasteiger partial charge in [0.05, 0.1) is 11.1 Å². The normalized spacial score (nSPS) is 17.9. The standard InChI is InChI=1S/C24H35ClN6O3/c1-6-7-12-24(5,30-19-18-16(10-8-13-26-18)28-21(25)29-19)15-27-20(32)17-11-9-14-31(17)22(33)34-23(2,3)4/h8,10,13,17H,6-7,9,11-12,14-15H2,1-5H3,(H,27,32)(H,28,29,30)/t17-,24?/m0/s1. The third kappa shape index (κ3) is 6.68. The second-order valence-electron chi connectivity index (χ2n) is 10.1. The lowest BCUT2D eigenvalue weighted by molar-refractivity contribution is -0.125. The molecule has 1 fully saturated rings. The maximum Gasteiger partial charge on any atom is 0.410 e. The molecule has 0 aromatic carbocycles. The van der Waals surface area contributed by atoms with E-state index in [1.165, 1.54) is 4.90 Å². The molecule has 0 radical (unpaired) electrons. The molecule has 2 N–H and O–H groups in total. The number of nitrogens with zero attached hydrogens (tertiary/aromatic N) is 4. The van der Waals surface area contributed by atoms with Crippen molar-refractivity contribution in [3.63, 3.8) is 0 Å². The summed E-state index contributed by atoms with van der Waals surface area (Å²) < 4.78 is 5.49. The number of ether oxygens (including phenoxy) is 1. The number of nitrogens with one attached hydrogen (secondary N) is 2. The van der Waals surface area contributed by atoms with Gasteiger partial charge in [0.1, 0.15) is 17.2 Å². The maximum atomic E-state index is 13.1. The Bertz CT molecular complexity index is 1030. The Morgan fingerprint density at radius 2 is 2.03 bits per heavy atom. The van der Waals surface area contributed by atoms with Crippen molar-refractivity contribution in [3.05, 3.63) is 23.6 Å². The van der Waals surface area contributed by atoms with Gasteiger partial charge in [0.15, 0.2) is 5.82 Å². The van der Waals surface area contributed by atoms with Crippen LogP contribution in [0, 0.1) is 0 Å². The first-order valence-electron chi connectivity index (χ1n) is 11.8. The molecule has 2 amide bonds. The number of likely N-dealkylation sites (tertiary alicyclic amines) is 1. The fourth-order valence-electron chi connectivity index (χ4n) is 4.05. The largest absolute Gasteiger partial charge is 0.444 e. The highest BCUT2D eigenvalue weighted by Crippen LogP contribution is 2.26. The van der Waals surface area contributed by atoms with E-state index in [1.807, 2.05) is 33.8 Å². The van der Waals surface area contributed by atoms with E-state index in [0.717, 1.165) is 25.7 Å². The predicted molar refractivity (Wildman–Crippen MR) is 133 cm³/mol. The lowest BCUT2D eigenvalue weighted by Crippen LogP contribution is -2.52. The van der Waals surface area contributed by atoms with Gasteiger partial charge in [0.25, 0.3) is 0 Å². The zero-order valence-electron chi connectivity index (χ0n) is 20.7. The van der Waals surface area contributed by atoms with Crippen molar-refractivity contribution in [2.24, 2.45) is 0 Å². The lowest BCUT2D eigenvalue weighted by atomic mass is 9.94. The number of unbranched alkanes of at least 4 members (excludes halogenated alkanes) is 1. The highest BCUT2D eigenvalue weighted by molar-refractivity contribution is 6.28. The van der Waals surface area contributed by atoms with E-state index in [1.54, 1.807) is 12.3 Å². The first-order valence-corrected chi connectivity index (χ1v) is 12.2. The van der Waals surface area contributed by atoms with Crippen molar-refractivity contribution in [2.75, 3.05) is 18.4 Å². The molecule has 34 heavy (non-hydrogen) atoms. The number of hydrogen-bond donors (Lipinski definition) is 2. The molecule has 2 aromatic rings. The van der Waals surface area contributed by atoms with Crippen molar-refractivity contribution in [3.8, 4) is 0 Å². The zero-order chi connectivity index (χ0) is 24.9. The molecule has 9 nitrogen and oxygen atoms in total. The molecule has 0 saturated carbocycles. The summed E-state index contributed by atoms with van der Waals surface area (Å²) in [6, 6.07) is 3.09. The second kappa shape index (κ2) is 10.7. The lowest BCUT2D eigenvalue weighted by Gasteiger charge is -2.33. The number of halogens is 1. The summed E-state index contributed by atoms with van der Waals surface area (Å²) >= 11 is 6.15. The summed E-state index contributed by atoms with van der Waals surface area (Å²) in [7, 11) is 0. The van der Waals surface area contributed by atoms with E-state index in [4.69, 9.17) is 16.3 Å². The van der Waals surface area contributed by atoms with Crippen LogP contribution >= 0.6 is 11.6 Å². The number of pyridine rings is 1. The predicted octanol–water partition coefficient (Wildman–Crippen LogP) is 4.55. The Kier molecular flexibility index (Phi) is 8.17. The minimum Gasteiger partial charge on any atom is -0.444 e. The highest BCUT2D eigenvalue weighted by Gasteiger charge is 2.37. The van der Waals surface area contributed by atoms with Gasteiger partial charge in [-0.25, -0.2) is 9.78 Å². The number of aromatic nitrogens is 3. The number of anilines is 1. The maximum absolute atomic E-state index is 13.1. The third-order valence-electron chi connectivity index (χ3n) is 5.77. The van der Waals surface area contributed by atoms with Gasteiger partial charge in [-0.1, -0.05) is 19.8 Å². The van der Waals surface area contributed by atoms with E-state index < -0.39 is 23.3 Å². The summed E-state index contributed by atoms with van der Waals surface area (Å²) in [5, 5.41) is 6.65. The first kappa shape index (κ1) is 25.9. The minimum absolute atomic E-state index is 0.129. The molecular formula is C24H35ClN6O3. The highest BCUT2D eigenvalue weighted by atomic mass is 35.5. The van der Waals surface area contributed by atoms with Crippen LogP contribution in [-0.4, -0.2) is 62.1 Å². The molecule has 2 aromatic heterocycles. The van der Waals surface area contributed by atoms with E-state index in [2.05, 4.69) is 32.5 Å². The molecule has 2 atom stereocenters. The number of fused-ring (bicyclic) bond motifs is 1. The molecule has 1 aliphatic heterocycles. The number of amides is 2. The van der Waals surface area contributed by atoms with Gasteiger partial charge in [0.2, 0.25) is 11.2 Å². The Hall–Kier alpha value is -2.68. The van der Waals surface area contributed by atoms with E-state index in [9.17, 15) is 9.59 Å². The molecule has 3 heterocycles. The van der Waals surface area contributed by atoms with Crippen molar-refractivity contribution in [1.82, 2.24) is 25.2 Å².